The maximum Gasteiger partial charge on any atom is 2.00 e. The third-order valence-corrected chi connectivity index (χ3v) is 2.21. The summed E-state index contributed by atoms with van der Waals surface area (Å²) in [4.78, 5) is 20.2. The van der Waals surface area contributed by atoms with Gasteiger partial charge in [-0.25, -0.2) is 0 Å². The summed E-state index contributed by atoms with van der Waals surface area (Å²) in [6, 6.07) is 10.3. The molecule has 2 N–H and O–H groups in total. The summed E-state index contributed by atoms with van der Waals surface area (Å²) in [5, 5.41) is 37.7. The minimum atomic E-state index is -1.24. The van der Waals surface area contributed by atoms with Crippen molar-refractivity contribution in [3.05, 3.63) is 59.7 Å². The number of hydrogen-bond acceptors (Lipinski definition) is 6. The van der Waals surface area contributed by atoms with Crippen LogP contribution in [0.4, 0.5) is 0 Å². The maximum atomic E-state index is 10.1. The molecule has 21 heavy (non-hydrogen) atoms. The number of phenolic OH excluding ortho intramolecular Hbond substituents is 2. The van der Waals surface area contributed by atoms with Crippen molar-refractivity contribution in [3.63, 3.8) is 0 Å². The molecule has 0 fully saturated rings. The number of carboxylic acid groups (broad SMARTS) is 2. The van der Waals surface area contributed by atoms with Gasteiger partial charge < -0.3 is 30.0 Å². The van der Waals surface area contributed by atoms with Crippen LogP contribution >= 0.6 is 0 Å². The Morgan fingerprint density at radius 3 is 1.10 bits per heavy atom. The minimum absolute atomic E-state index is 0. The maximum absolute atomic E-state index is 10.1. The Morgan fingerprint density at radius 2 is 0.905 bits per heavy atom. The van der Waals surface area contributed by atoms with Crippen molar-refractivity contribution in [2.24, 2.45) is 0 Å². The summed E-state index contributed by atoms with van der Waals surface area (Å²) >= 11 is 0. The van der Waals surface area contributed by atoms with Gasteiger partial charge in [0.1, 0.15) is 11.5 Å². The number of benzene rings is 2. The van der Waals surface area contributed by atoms with Gasteiger partial charge in [-0.2, -0.15) is 0 Å². The molecule has 0 radical (unpaired) electrons. The standard InChI is InChI=1S/2C7H6O3.Fe/c2*8-6-3-1-5(2-4-6)7(9)10;/h2*1-4,8H,(H,9,10);/q;;+2/p-2. The third kappa shape index (κ3) is 6.47. The molecule has 110 valence electrons. The predicted octanol–water partition coefficient (Wildman–Crippen LogP) is -0.491. The Bertz CT molecular complexity index is 536. The molecule has 0 aromatic heterocycles. The van der Waals surface area contributed by atoms with Crippen molar-refractivity contribution in [3.8, 4) is 11.5 Å². The average molecular weight is 330 g/mol. The van der Waals surface area contributed by atoms with E-state index in [9.17, 15) is 19.8 Å². The monoisotopic (exact) mass is 330 g/mol. The summed E-state index contributed by atoms with van der Waals surface area (Å²) in [5.74, 6) is -2.38. The number of aromatic hydroxyl groups is 2. The van der Waals surface area contributed by atoms with Crippen LogP contribution < -0.4 is 10.2 Å². The predicted molar refractivity (Wildman–Crippen MR) is 64.9 cm³/mol. The summed E-state index contributed by atoms with van der Waals surface area (Å²) in [7, 11) is 0. The number of carboxylic acids is 2. The van der Waals surface area contributed by atoms with Crippen LogP contribution in [0.15, 0.2) is 48.5 Å². The van der Waals surface area contributed by atoms with Gasteiger partial charge in [0.05, 0.1) is 11.9 Å². The molecule has 7 heteroatoms. The molecule has 0 saturated carbocycles. The molecule has 2 aromatic carbocycles. The zero-order valence-electron chi connectivity index (χ0n) is 10.5. The van der Waals surface area contributed by atoms with Gasteiger partial charge in [0.15, 0.2) is 0 Å². The van der Waals surface area contributed by atoms with Crippen molar-refractivity contribution in [2.75, 3.05) is 0 Å². The van der Waals surface area contributed by atoms with E-state index in [4.69, 9.17) is 10.2 Å². The fraction of sp³-hybridized carbons (Fsp3) is 0. The van der Waals surface area contributed by atoms with Gasteiger partial charge in [-0.1, -0.05) is 0 Å². The minimum Gasteiger partial charge on any atom is -0.545 e. The van der Waals surface area contributed by atoms with Crippen LogP contribution in [0.1, 0.15) is 20.7 Å². The Balaban J connectivity index is 0.000000364. The van der Waals surface area contributed by atoms with Crippen molar-refractivity contribution in [1.82, 2.24) is 0 Å². The number of aromatic carboxylic acids is 2. The van der Waals surface area contributed by atoms with Crippen LogP contribution in [0.25, 0.3) is 0 Å². The van der Waals surface area contributed by atoms with E-state index in [1.807, 2.05) is 0 Å². The first-order chi connectivity index (χ1) is 9.40. The van der Waals surface area contributed by atoms with Gasteiger partial charge >= 0.3 is 17.1 Å². The van der Waals surface area contributed by atoms with Crippen LogP contribution in [0.5, 0.6) is 11.5 Å². The Hall–Kier alpha value is -2.50. The van der Waals surface area contributed by atoms with Crippen LogP contribution in [0.2, 0.25) is 0 Å². The van der Waals surface area contributed by atoms with E-state index in [1.54, 1.807) is 0 Å². The zero-order chi connectivity index (χ0) is 15.1. The fourth-order valence-corrected chi connectivity index (χ4v) is 1.20. The summed E-state index contributed by atoms with van der Waals surface area (Å²) in [6.07, 6.45) is 0. The van der Waals surface area contributed by atoms with Gasteiger partial charge in [-0.3, -0.25) is 0 Å². The second kappa shape index (κ2) is 8.63. The number of rotatable bonds is 2. The van der Waals surface area contributed by atoms with Crippen molar-refractivity contribution >= 4 is 11.9 Å². The smallest absolute Gasteiger partial charge is 0.545 e. The van der Waals surface area contributed by atoms with Crippen LogP contribution in [-0.4, -0.2) is 22.2 Å². The molecule has 2 rings (SSSR count). The molecule has 6 nitrogen and oxygen atoms in total. The second-order valence-corrected chi connectivity index (χ2v) is 3.67. The van der Waals surface area contributed by atoms with Gasteiger partial charge in [0, 0.05) is 0 Å². The van der Waals surface area contributed by atoms with Crippen LogP contribution in [0, 0.1) is 0 Å². The van der Waals surface area contributed by atoms with E-state index in [-0.39, 0.29) is 39.7 Å². The molecular weight excluding hydrogens is 320 g/mol. The van der Waals surface area contributed by atoms with E-state index in [2.05, 4.69) is 0 Å². The molecule has 0 aliphatic carbocycles. The van der Waals surface area contributed by atoms with Gasteiger partial charge in [-0.05, 0) is 59.7 Å². The fourth-order valence-electron chi connectivity index (χ4n) is 1.20. The number of carbonyl (C=O) groups excluding carboxylic acids is 2. The number of phenols is 2. The van der Waals surface area contributed by atoms with E-state index in [0.29, 0.717) is 0 Å². The first kappa shape index (κ1) is 18.5. The van der Waals surface area contributed by atoms with Crippen molar-refractivity contribution in [2.45, 2.75) is 0 Å². The first-order valence-electron chi connectivity index (χ1n) is 5.41. The normalized spacial score (nSPS) is 8.76. The number of carbonyl (C=O) groups is 2. The Morgan fingerprint density at radius 1 is 0.667 bits per heavy atom. The molecular formula is C14H10FeO6. The van der Waals surface area contributed by atoms with E-state index in [0.717, 1.165) is 0 Å². The van der Waals surface area contributed by atoms with Gasteiger partial charge in [-0.15, -0.1) is 0 Å². The summed E-state index contributed by atoms with van der Waals surface area (Å²) in [6.45, 7) is 0. The molecule has 0 amide bonds. The van der Waals surface area contributed by atoms with E-state index >= 15 is 0 Å². The molecule has 0 aliphatic rings. The molecule has 2 aromatic rings. The number of hydrogen-bond donors (Lipinski definition) is 2. The quantitative estimate of drug-likeness (QED) is 0.717. The van der Waals surface area contributed by atoms with Crippen molar-refractivity contribution in [1.29, 1.82) is 0 Å². The summed E-state index contributed by atoms with van der Waals surface area (Å²) in [5.41, 5.74) is 0.135. The largest absolute Gasteiger partial charge is 2.00 e. The molecule has 0 heterocycles. The van der Waals surface area contributed by atoms with Crippen LogP contribution in [0.3, 0.4) is 0 Å². The molecule has 0 atom stereocenters. The van der Waals surface area contributed by atoms with Crippen molar-refractivity contribution < 1.29 is 47.1 Å². The molecule has 0 aliphatic heterocycles. The van der Waals surface area contributed by atoms with Gasteiger partial charge in [0.25, 0.3) is 0 Å². The van der Waals surface area contributed by atoms with Crippen LogP contribution in [-0.2, 0) is 17.1 Å². The zero-order valence-corrected chi connectivity index (χ0v) is 11.6. The average Bonchev–Trinajstić information content (AvgIpc) is 2.40. The SMILES string of the molecule is O=C([O-])c1ccc(O)cc1.O=C([O-])c1ccc(O)cc1.[Fe+2]. The second-order valence-electron chi connectivity index (χ2n) is 3.67. The molecule has 0 spiro atoms. The van der Waals surface area contributed by atoms with E-state index < -0.39 is 11.9 Å². The first-order valence-corrected chi connectivity index (χ1v) is 5.41. The van der Waals surface area contributed by atoms with E-state index in [1.165, 1.54) is 48.5 Å². The third-order valence-electron chi connectivity index (χ3n) is 2.21. The van der Waals surface area contributed by atoms with Gasteiger partial charge in [0.2, 0.25) is 0 Å². The molecule has 0 bridgehead atoms. The summed E-state index contributed by atoms with van der Waals surface area (Å²) < 4.78 is 0. The molecule has 0 saturated heterocycles. The molecule has 0 unspecified atom stereocenters. The Labute approximate surface area is 130 Å². The Kier molecular flexibility index (Phi) is 7.60. The topological polar surface area (TPSA) is 121 Å².